The van der Waals surface area contributed by atoms with Gasteiger partial charge in [-0.25, -0.2) is 0 Å². The van der Waals surface area contributed by atoms with Crippen molar-refractivity contribution in [2.75, 3.05) is 0 Å². The van der Waals surface area contributed by atoms with Crippen molar-refractivity contribution in [2.24, 2.45) is 10.8 Å². The first kappa shape index (κ1) is 9.72. The van der Waals surface area contributed by atoms with E-state index in [1.807, 2.05) is 0 Å². The van der Waals surface area contributed by atoms with Gasteiger partial charge in [0.05, 0.1) is 6.10 Å². The smallest absolute Gasteiger partial charge is 0.120 e. The Morgan fingerprint density at radius 1 is 1.42 bits per heavy atom. The van der Waals surface area contributed by atoms with Gasteiger partial charge in [0.2, 0.25) is 0 Å². The minimum Gasteiger partial charge on any atom is -0.393 e. The van der Waals surface area contributed by atoms with Crippen LogP contribution in [0.25, 0.3) is 0 Å². The zero-order chi connectivity index (χ0) is 9.41. The molecule has 2 atom stereocenters. The molecule has 0 amide bonds. The highest BCUT2D eigenvalue weighted by atomic mass is 16.3. The Kier molecular flexibility index (Phi) is 2.30. The van der Waals surface area contributed by atoms with Crippen LogP contribution in [0.2, 0.25) is 0 Å². The van der Waals surface area contributed by atoms with Crippen LogP contribution >= 0.6 is 0 Å². The summed E-state index contributed by atoms with van der Waals surface area (Å²) in [6.45, 7) is 6.36. The van der Waals surface area contributed by atoms with Gasteiger partial charge in [0.25, 0.3) is 0 Å². The van der Waals surface area contributed by atoms with E-state index >= 15 is 0 Å². The number of hydrogen-bond donors (Lipinski definition) is 1. The zero-order valence-corrected chi connectivity index (χ0v) is 8.13. The van der Waals surface area contributed by atoms with E-state index in [1.54, 1.807) is 0 Å². The van der Waals surface area contributed by atoms with E-state index in [2.05, 4.69) is 20.8 Å². The first-order chi connectivity index (χ1) is 5.41. The van der Waals surface area contributed by atoms with Crippen LogP contribution in [0.5, 0.6) is 0 Å². The van der Waals surface area contributed by atoms with Crippen LogP contribution in [0, 0.1) is 10.8 Å². The van der Waals surface area contributed by atoms with E-state index in [0.29, 0.717) is 6.42 Å². The summed E-state index contributed by atoms with van der Waals surface area (Å²) < 4.78 is 0. The van der Waals surface area contributed by atoms with E-state index in [0.717, 1.165) is 19.1 Å². The maximum atomic E-state index is 10.5. The number of rotatable bonds is 2. The van der Waals surface area contributed by atoms with E-state index in [1.165, 1.54) is 0 Å². The molecule has 1 N–H and O–H groups in total. The Morgan fingerprint density at radius 2 is 2.00 bits per heavy atom. The normalized spacial score (nSPS) is 39.8. The average Bonchev–Trinajstić information content (AvgIpc) is 2.02. The molecule has 1 fully saturated rings. The number of carbonyl (C=O) groups is 1. The van der Waals surface area contributed by atoms with E-state index in [9.17, 15) is 9.90 Å². The third kappa shape index (κ3) is 1.40. The van der Waals surface area contributed by atoms with Gasteiger partial charge in [-0.15, -0.1) is 0 Å². The Labute approximate surface area is 74.0 Å². The Bertz CT molecular complexity index is 186. The predicted octanol–water partition coefficient (Wildman–Crippen LogP) is 1.76. The standard InChI is InChI=1S/C10H18O2/c1-9(2)6-8(12)7-10(9,3)4-5-11/h5,8,12H,4,6-7H2,1-3H3. The molecule has 0 aromatic rings. The summed E-state index contributed by atoms with van der Waals surface area (Å²) in [7, 11) is 0. The second-order valence-electron chi connectivity index (χ2n) is 4.88. The number of aldehydes is 1. The van der Waals surface area contributed by atoms with Crippen molar-refractivity contribution in [3.05, 3.63) is 0 Å². The van der Waals surface area contributed by atoms with Crippen molar-refractivity contribution in [3.63, 3.8) is 0 Å². The van der Waals surface area contributed by atoms with Crippen molar-refractivity contribution >= 4 is 6.29 Å². The largest absolute Gasteiger partial charge is 0.393 e. The second-order valence-corrected chi connectivity index (χ2v) is 4.88. The van der Waals surface area contributed by atoms with E-state index in [4.69, 9.17) is 0 Å². The van der Waals surface area contributed by atoms with E-state index in [-0.39, 0.29) is 16.9 Å². The van der Waals surface area contributed by atoms with Gasteiger partial charge >= 0.3 is 0 Å². The first-order valence-corrected chi connectivity index (χ1v) is 4.53. The highest BCUT2D eigenvalue weighted by Crippen LogP contribution is 2.53. The van der Waals surface area contributed by atoms with Crippen molar-refractivity contribution in [1.29, 1.82) is 0 Å². The lowest BCUT2D eigenvalue weighted by Crippen LogP contribution is -2.29. The van der Waals surface area contributed by atoms with Gasteiger partial charge in [0.15, 0.2) is 0 Å². The summed E-state index contributed by atoms with van der Waals surface area (Å²) in [5.41, 5.74) is 0.0848. The number of carbonyl (C=O) groups excluding carboxylic acids is 1. The minimum atomic E-state index is -0.218. The van der Waals surface area contributed by atoms with Crippen LogP contribution in [-0.4, -0.2) is 17.5 Å². The molecule has 2 nitrogen and oxygen atoms in total. The minimum absolute atomic E-state index is 0.00579. The highest BCUT2D eigenvalue weighted by Gasteiger charge is 2.48. The fourth-order valence-electron chi connectivity index (χ4n) is 2.25. The average molecular weight is 170 g/mol. The lowest BCUT2D eigenvalue weighted by Gasteiger charge is -2.36. The van der Waals surface area contributed by atoms with Crippen LogP contribution in [0.1, 0.15) is 40.0 Å². The van der Waals surface area contributed by atoms with Gasteiger partial charge in [-0.2, -0.15) is 0 Å². The molecule has 70 valence electrons. The van der Waals surface area contributed by atoms with Gasteiger partial charge in [0.1, 0.15) is 6.29 Å². The molecule has 0 bridgehead atoms. The maximum absolute atomic E-state index is 10.5. The SMILES string of the molecule is CC1(C)CC(O)CC1(C)CC=O. The molecule has 0 saturated heterocycles. The maximum Gasteiger partial charge on any atom is 0.120 e. The topological polar surface area (TPSA) is 37.3 Å². The molecule has 0 radical (unpaired) electrons. The molecule has 0 spiro atoms. The molecule has 1 aliphatic rings. The number of aliphatic hydroxyl groups is 1. The number of aliphatic hydroxyl groups excluding tert-OH is 1. The third-order valence-corrected chi connectivity index (χ3v) is 3.60. The molecule has 0 heterocycles. The van der Waals surface area contributed by atoms with Gasteiger partial charge in [-0.1, -0.05) is 20.8 Å². The number of hydrogen-bond acceptors (Lipinski definition) is 2. The monoisotopic (exact) mass is 170 g/mol. The predicted molar refractivity (Wildman–Crippen MR) is 47.8 cm³/mol. The molecule has 2 heteroatoms. The quantitative estimate of drug-likeness (QED) is 0.641. The lowest BCUT2D eigenvalue weighted by atomic mass is 9.68. The fraction of sp³-hybridized carbons (Fsp3) is 0.900. The fourth-order valence-corrected chi connectivity index (χ4v) is 2.25. The lowest BCUT2D eigenvalue weighted by molar-refractivity contribution is -0.111. The highest BCUT2D eigenvalue weighted by molar-refractivity contribution is 5.51. The summed E-state index contributed by atoms with van der Waals surface area (Å²) in [4.78, 5) is 10.5. The van der Waals surface area contributed by atoms with Crippen molar-refractivity contribution in [2.45, 2.75) is 46.1 Å². The molecule has 1 rings (SSSR count). The molecule has 0 aromatic heterocycles. The van der Waals surface area contributed by atoms with Crippen molar-refractivity contribution in [1.82, 2.24) is 0 Å². The first-order valence-electron chi connectivity index (χ1n) is 4.53. The van der Waals surface area contributed by atoms with E-state index < -0.39 is 0 Å². The molecule has 2 unspecified atom stereocenters. The molecule has 0 aromatic carbocycles. The zero-order valence-electron chi connectivity index (χ0n) is 8.13. The summed E-state index contributed by atoms with van der Waals surface area (Å²) in [5, 5.41) is 9.51. The second kappa shape index (κ2) is 2.84. The third-order valence-electron chi connectivity index (χ3n) is 3.60. The van der Waals surface area contributed by atoms with Crippen LogP contribution in [-0.2, 0) is 4.79 Å². The summed E-state index contributed by atoms with van der Waals surface area (Å²) in [6.07, 6.45) is 2.90. The molecule has 12 heavy (non-hydrogen) atoms. The van der Waals surface area contributed by atoms with Crippen LogP contribution in [0.4, 0.5) is 0 Å². The molecule has 1 aliphatic carbocycles. The van der Waals surface area contributed by atoms with Crippen LogP contribution in [0.3, 0.4) is 0 Å². The molecule has 1 saturated carbocycles. The van der Waals surface area contributed by atoms with Gasteiger partial charge in [0, 0.05) is 6.42 Å². The van der Waals surface area contributed by atoms with Gasteiger partial charge in [-0.05, 0) is 23.7 Å². The summed E-state index contributed by atoms with van der Waals surface area (Å²) in [5.74, 6) is 0. The van der Waals surface area contributed by atoms with Gasteiger partial charge < -0.3 is 9.90 Å². The Hall–Kier alpha value is -0.370. The van der Waals surface area contributed by atoms with Crippen molar-refractivity contribution in [3.8, 4) is 0 Å². The summed E-state index contributed by atoms with van der Waals surface area (Å²) >= 11 is 0. The molecular formula is C10H18O2. The Balaban J connectivity index is 2.81. The van der Waals surface area contributed by atoms with Crippen LogP contribution in [0.15, 0.2) is 0 Å². The Morgan fingerprint density at radius 3 is 2.33 bits per heavy atom. The van der Waals surface area contributed by atoms with Gasteiger partial charge in [-0.3, -0.25) is 0 Å². The van der Waals surface area contributed by atoms with Crippen LogP contribution < -0.4 is 0 Å². The summed E-state index contributed by atoms with van der Waals surface area (Å²) in [6, 6.07) is 0. The molecular weight excluding hydrogens is 152 g/mol. The van der Waals surface area contributed by atoms with Crippen molar-refractivity contribution < 1.29 is 9.90 Å². The molecule has 0 aliphatic heterocycles.